The van der Waals surface area contributed by atoms with Crippen LogP contribution in [0.2, 0.25) is 0 Å². The fraction of sp³-hybridized carbons (Fsp3) is 0.212. The fourth-order valence-electron chi connectivity index (χ4n) is 13.0. The van der Waals surface area contributed by atoms with E-state index in [4.69, 9.17) is 0 Å². The topological polar surface area (TPSA) is 8.17 Å². The summed E-state index contributed by atoms with van der Waals surface area (Å²) in [4.78, 5) is 2.77. The minimum atomic E-state index is -0.152. The van der Waals surface area contributed by atoms with Gasteiger partial charge in [-0.05, 0) is 134 Å². The van der Waals surface area contributed by atoms with Crippen LogP contribution in [-0.2, 0) is 18.3 Å². The molecule has 336 valence electrons. The molecule has 3 heterocycles. The van der Waals surface area contributed by atoms with E-state index in [0.29, 0.717) is 0 Å². The first kappa shape index (κ1) is 42.0. The molecule has 1 aliphatic carbocycles. The van der Waals surface area contributed by atoms with Crippen LogP contribution >= 0.6 is 0 Å². The van der Waals surface area contributed by atoms with E-state index in [1.165, 1.54) is 160 Å². The van der Waals surface area contributed by atoms with E-state index >= 15 is 0 Å². The van der Waals surface area contributed by atoms with Gasteiger partial charge in [-0.2, -0.15) is 0 Å². The third-order valence-electron chi connectivity index (χ3n) is 16.3. The highest BCUT2D eigenvalue weighted by Crippen LogP contribution is 2.55. The van der Waals surface area contributed by atoms with Crippen LogP contribution in [0.1, 0.15) is 111 Å². The first-order valence-corrected chi connectivity index (χ1v) is 25.9. The minimum absolute atomic E-state index is 0.000160. The molecule has 0 radical (unpaired) electrons. The number of benzene rings is 9. The predicted octanol–water partition coefficient (Wildman–Crippen LogP) is 16.1. The molecule has 69 heavy (non-hydrogen) atoms. The molecule has 0 N–H and O–H groups in total. The van der Waals surface area contributed by atoms with Crippen molar-refractivity contribution in [3.63, 3.8) is 0 Å². The molecule has 3 aliphatic rings. The van der Waals surface area contributed by atoms with Crippen molar-refractivity contribution in [3.8, 4) is 27.9 Å². The smallest absolute Gasteiger partial charge is 0.333 e. The zero-order chi connectivity index (χ0) is 46.4. The summed E-state index contributed by atoms with van der Waals surface area (Å²) in [7, 11) is 0. The second kappa shape index (κ2) is 16.6. The zero-order valence-electron chi connectivity index (χ0n) is 40.5. The van der Waals surface area contributed by atoms with Crippen molar-refractivity contribution in [1.29, 1.82) is 0 Å². The molecule has 0 fully saturated rings. The van der Waals surface area contributed by atoms with Crippen LogP contribution in [0.15, 0.2) is 182 Å². The van der Waals surface area contributed by atoms with Crippen LogP contribution < -0.4 is 15.7 Å². The standard InChI is InChI=1S/C66H59BN2/c1-5-7-11-21-43-31-35-48(36-32-43)69-60-42-57-52(50-29-19-20-30-56(50)66(57,3)4)40-53(60)54-41-55(61(46-24-13-9-14-25-46)47-26-15-10-16-27-47)62-51-37-34-45-23-17-18-28-49(45)64(51)68-59-38-33-44(22-12-8-6-2)39-58(59)67(69)63(54)65(62)68/h9-10,13-20,23-42,61H,5-8,11-12,21-22H2,1-4H3. The van der Waals surface area contributed by atoms with Gasteiger partial charge in [-0.1, -0.05) is 199 Å². The van der Waals surface area contributed by atoms with Crippen molar-refractivity contribution in [1.82, 2.24) is 4.57 Å². The van der Waals surface area contributed by atoms with Crippen LogP contribution in [0.3, 0.4) is 0 Å². The molecule has 13 rings (SSSR count). The van der Waals surface area contributed by atoms with Crippen LogP contribution in [0.5, 0.6) is 0 Å². The Morgan fingerprint density at radius 3 is 1.90 bits per heavy atom. The van der Waals surface area contributed by atoms with Gasteiger partial charge in [0.15, 0.2) is 0 Å². The van der Waals surface area contributed by atoms with E-state index in [0.717, 1.165) is 12.8 Å². The average molecular weight is 891 g/mol. The summed E-state index contributed by atoms with van der Waals surface area (Å²) < 4.78 is 2.72. The monoisotopic (exact) mass is 890 g/mol. The van der Waals surface area contributed by atoms with Crippen LogP contribution in [-0.4, -0.2) is 11.4 Å². The van der Waals surface area contributed by atoms with E-state index in [-0.39, 0.29) is 18.2 Å². The molecule has 0 saturated carbocycles. The van der Waals surface area contributed by atoms with Gasteiger partial charge in [0, 0.05) is 50.1 Å². The van der Waals surface area contributed by atoms with E-state index in [1.54, 1.807) is 0 Å². The van der Waals surface area contributed by atoms with Gasteiger partial charge < -0.3 is 9.38 Å². The van der Waals surface area contributed by atoms with Crippen molar-refractivity contribution in [3.05, 3.63) is 221 Å². The molecule has 2 aliphatic heterocycles. The Morgan fingerprint density at radius 1 is 0.493 bits per heavy atom. The van der Waals surface area contributed by atoms with Crippen LogP contribution in [0, 0.1) is 0 Å². The van der Waals surface area contributed by atoms with Gasteiger partial charge in [-0.25, -0.2) is 0 Å². The molecule has 2 nitrogen and oxygen atoms in total. The van der Waals surface area contributed by atoms with Crippen molar-refractivity contribution < 1.29 is 0 Å². The number of anilines is 2. The molecule has 9 aromatic carbocycles. The lowest BCUT2D eigenvalue weighted by molar-refractivity contribution is 0.660. The SMILES string of the molecule is CCCCCc1ccc(N2B3c4cc(CCCCC)ccc4-n4c5c3c(cc(C(c3ccccc3)c3ccccc3)c5c3ccc5ccccc5c34)-c3cc4c(cc32)C(C)(C)c2ccccc2-4)cc1. The molecule has 0 spiro atoms. The molecule has 0 atom stereocenters. The summed E-state index contributed by atoms with van der Waals surface area (Å²) in [6.45, 7) is 9.42. The number of unbranched alkanes of at least 4 members (excludes halogenated alkanes) is 4. The lowest BCUT2D eigenvalue weighted by atomic mass is 9.43. The summed E-state index contributed by atoms with van der Waals surface area (Å²) in [6, 6.07) is 70.7. The van der Waals surface area contributed by atoms with Gasteiger partial charge in [0.1, 0.15) is 0 Å². The minimum Gasteiger partial charge on any atom is -0.376 e. The Kier molecular flexibility index (Phi) is 10.1. The van der Waals surface area contributed by atoms with E-state index < -0.39 is 0 Å². The van der Waals surface area contributed by atoms with Gasteiger partial charge in [0.05, 0.1) is 11.0 Å². The Balaban J connectivity index is 1.21. The van der Waals surface area contributed by atoms with Gasteiger partial charge >= 0.3 is 6.85 Å². The third-order valence-corrected chi connectivity index (χ3v) is 16.3. The molecule has 0 unspecified atom stereocenters. The zero-order valence-corrected chi connectivity index (χ0v) is 40.5. The Hall–Kier alpha value is -7.10. The number of rotatable bonds is 12. The molecular weight excluding hydrogens is 832 g/mol. The predicted molar refractivity (Wildman–Crippen MR) is 295 cm³/mol. The summed E-state index contributed by atoms with van der Waals surface area (Å²) in [5, 5.41) is 5.24. The van der Waals surface area contributed by atoms with Crippen molar-refractivity contribution in [2.24, 2.45) is 0 Å². The number of fused-ring (bicyclic) bond motifs is 13. The van der Waals surface area contributed by atoms with E-state index in [2.05, 4.69) is 219 Å². The molecular formula is C66H59BN2. The third kappa shape index (κ3) is 6.46. The quantitative estimate of drug-likeness (QED) is 0.0674. The first-order valence-electron chi connectivity index (χ1n) is 25.9. The maximum absolute atomic E-state index is 2.77. The molecule has 1 aromatic heterocycles. The van der Waals surface area contributed by atoms with Gasteiger partial charge in [0.2, 0.25) is 0 Å². The second-order valence-corrected chi connectivity index (χ2v) is 20.8. The summed E-state index contributed by atoms with van der Waals surface area (Å²) in [6.07, 6.45) is 9.55. The summed E-state index contributed by atoms with van der Waals surface area (Å²) in [5.74, 6) is -0.000160. The normalized spacial score (nSPS) is 13.9. The van der Waals surface area contributed by atoms with Crippen molar-refractivity contribution in [2.75, 3.05) is 4.81 Å². The number of aromatic nitrogens is 1. The summed E-state index contributed by atoms with van der Waals surface area (Å²) in [5.41, 5.74) is 24.1. The van der Waals surface area contributed by atoms with Crippen molar-refractivity contribution in [2.45, 2.75) is 90.4 Å². The fourth-order valence-corrected chi connectivity index (χ4v) is 13.0. The number of hydrogen-bond donors (Lipinski definition) is 0. The lowest BCUT2D eigenvalue weighted by Gasteiger charge is -2.43. The van der Waals surface area contributed by atoms with Gasteiger partial charge in [-0.15, -0.1) is 0 Å². The highest BCUT2D eigenvalue weighted by atomic mass is 15.1. The van der Waals surface area contributed by atoms with Crippen LogP contribution in [0.4, 0.5) is 11.4 Å². The van der Waals surface area contributed by atoms with Crippen molar-refractivity contribution >= 4 is 61.7 Å². The Morgan fingerprint density at radius 2 is 1.16 bits per heavy atom. The number of aryl methyl sites for hydroxylation is 2. The highest BCUT2D eigenvalue weighted by molar-refractivity contribution is 6.93. The van der Waals surface area contributed by atoms with Gasteiger partial charge in [-0.3, -0.25) is 0 Å². The molecule has 0 bridgehead atoms. The largest absolute Gasteiger partial charge is 0.376 e. The highest BCUT2D eigenvalue weighted by Gasteiger charge is 2.47. The molecule has 0 amide bonds. The first-order chi connectivity index (χ1) is 33.9. The number of hydrogen-bond acceptors (Lipinski definition) is 1. The Labute approximate surface area is 408 Å². The van der Waals surface area contributed by atoms with Crippen LogP contribution in [0.25, 0.3) is 60.5 Å². The number of nitrogens with zero attached hydrogens (tertiary/aromatic N) is 2. The van der Waals surface area contributed by atoms with E-state index in [9.17, 15) is 0 Å². The molecule has 3 heteroatoms. The molecule has 10 aromatic rings. The lowest BCUT2D eigenvalue weighted by Crippen LogP contribution is -2.60. The maximum atomic E-state index is 2.77. The van der Waals surface area contributed by atoms with Gasteiger partial charge in [0.25, 0.3) is 0 Å². The average Bonchev–Trinajstić information content (AvgIpc) is 3.86. The van der Waals surface area contributed by atoms with E-state index in [1.807, 2.05) is 0 Å². The molecule has 0 saturated heterocycles. The summed E-state index contributed by atoms with van der Waals surface area (Å²) >= 11 is 0. The maximum Gasteiger partial charge on any atom is 0.333 e. The second-order valence-electron chi connectivity index (χ2n) is 20.8. The Bertz CT molecular complexity index is 3580.